The number of oxazole rings is 1. The molecule has 2 aromatic carbocycles. The summed E-state index contributed by atoms with van der Waals surface area (Å²) in [6.07, 6.45) is -3.47. The lowest BCUT2D eigenvalue weighted by atomic mass is 10.0. The lowest BCUT2D eigenvalue weighted by Crippen LogP contribution is -2.57. The van der Waals surface area contributed by atoms with Crippen LogP contribution in [0.15, 0.2) is 52.9 Å². The number of carbonyl (C=O) groups excluding carboxylic acids is 3. The van der Waals surface area contributed by atoms with Gasteiger partial charge in [0.2, 0.25) is 11.7 Å². The second kappa shape index (κ2) is 14.2. The van der Waals surface area contributed by atoms with Crippen molar-refractivity contribution in [3.63, 3.8) is 0 Å². The number of ketones is 1. The third-order valence-electron chi connectivity index (χ3n) is 7.02. The predicted molar refractivity (Wildman–Crippen MR) is 153 cm³/mol. The van der Waals surface area contributed by atoms with Crippen LogP contribution in [0.3, 0.4) is 0 Å². The SMILES string of the molecule is CCCC[C@H](NC(=O)[C@H](CS(=O)(=O)Cc1ccccc1C(F)(F)F)NC(=O)N1CCOCC1)C(=O)c1nc2ccccc2o1. The van der Waals surface area contributed by atoms with Crippen molar-refractivity contribution in [2.24, 2.45) is 0 Å². The molecule has 1 saturated heterocycles. The highest BCUT2D eigenvalue weighted by atomic mass is 32.2. The Morgan fingerprint density at radius 3 is 2.36 bits per heavy atom. The van der Waals surface area contributed by atoms with E-state index < -0.39 is 68.5 Å². The third kappa shape index (κ3) is 8.56. The highest BCUT2D eigenvalue weighted by Gasteiger charge is 2.36. The van der Waals surface area contributed by atoms with Gasteiger partial charge in [-0.1, -0.05) is 50.1 Å². The number of halogens is 3. The van der Waals surface area contributed by atoms with E-state index in [0.29, 0.717) is 23.9 Å². The number of amides is 3. The zero-order valence-corrected chi connectivity index (χ0v) is 24.7. The quantitative estimate of drug-likeness (QED) is 0.285. The Labute approximate surface area is 252 Å². The molecule has 2 N–H and O–H groups in total. The zero-order valence-electron chi connectivity index (χ0n) is 23.9. The number of hydrogen-bond donors (Lipinski definition) is 2. The van der Waals surface area contributed by atoms with Gasteiger partial charge in [-0.2, -0.15) is 13.2 Å². The number of aromatic nitrogens is 1. The van der Waals surface area contributed by atoms with Crippen LogP contribution in [0.1, 0.15) is 48.0 Å². The number of unbranched alkanes of at least 4 members (excludes halogenated alkanes) is 1. The molecule has 0 radical (unpaired) electrons. The Morgan fingerprint density at radius 1 is 1.00 bits per heavy atom. The number of alkyl halides is 3. The van der Waals surface area contributed by atoms with Crippen molar-refractivity contribution < 1.29 is 45.1 Å². The van der Waals surface area contributed by atoms with Crippen molar-refractivity contribution in [2.75, 3.05) is 32.1 Å². The molecule has 0 aliphatic carbocycles. The van der Waals surface area contributed by atoms with Gasteiger partial charge in [-0.15, -0.1) is 0 Å². The normalized spacial score (nSPS) is 15.5. The molecule has 2 atom stereocenters. The molecule has 3 aromatic rings. The zero-order chi connectivity index (χ0) is 31.9. The Bertz CT molecular complexity index is 1550. The number of sulfone groups is 1. The number of hydrogen-bond acceptors (Lipinski definition) is 8. The van der Waals surface area contributed by atoms with Crippen LogP contribution in [0.2, 0.25) is 0 Å². The molecule has 1 aliphatic rings. The van der Waals surface area contributed by atoms with E-state index in [9.17, 15) is 36.0 Å². The number of fused-ring (bicyclic) bond motifs is 1. The third-order valence-corrected chi connectivity index (χ3v) is 8.61. The largest absolute Gasteiger partial charge is 0.434 e. The summed E-state index contributed by atoms with van der Waals surface area (Å²) in [7, 11) is -4.42. The van der Waals surface area contributed by atoms with Gasteiger partial charge in [0.1, 0.15) is 11.6 Å². The monoisotopic (exact) mass is 638 g/mol. The minimum absolute atomic E-state index is 0.162. The molecule has 44 heavy (non-hydrogen) atoms. The summed E-state index contributed by atoms with van der Waals surface area (Å²) in [6, 6.07) is 7.26. The number of rotatable bonds is 12. The highest BCUT2D eigenvalue weighted by molar-refractivity contribution is 7.90. The molecule has 0 spiro atoms. The van der Waals surface area contributed by atoms with Gasteiger partial charge < -0.3 is 24.7 Å². The van der Waals surface area contributed by atoms with Gasteiger partial charge in [-0.05, 0) is 30.2 Å². The molecule has 1 aliphatic heterocycles. The number of Topliss-reactive ketones (excluding diaryl/α,β-unsaturated/α-hetero) is 1. The van der Waals surface area contributed by atoms with Crippen molar-refractivity contribution in [3.8, 4) is 0 Å². The van der Waals surface area contributed by atoms with Gasteiger partial charge in [0.25, 0.3) is 5.89 Å². The molecule has 0 unspecified atom stereocenters. The van der Waals surface area contributed by atoms with Crippen LogP contribution in [-0.2, 0) is 31.3 Å². The smallest absolute Gasteiger partial charge is 0.416 e. The number of ether oxygens (including phenoxy) is 1. The summed E-state index contributed by atoms with van der Waals surface area (Å²) in [5.74, 6) is -3.94. The van der Waals surface area contributed by atoms with Crippen molar-refractivity contribution in [1.29, 1.82) is 0 Å². The number of urea groups is 1. The van der Waals surface area contributed by atoms with E-state index in [1.165, 1.54) is 11.0 Å². The minimum Gasteiger partial charge on any atom is -0.434 e. The van der Waals surface area contributed by atoms with Crippen LogP contribution in [0.5, 0.6) is 0 Å². The Morgan fingerprint density at radius 2 is 1.68 bits per heavy atom. The summed E-state index contributed by atoms with van der Waals surface area (Å²) in [6.45, 7) is 2.70. The van der Waals surface area contributed by atoms with Gasteiger partial charge in [0.15, 0.2) is 15.4 Å². The molecule has 4 rings (SSSR count). The van der Waals surface area contributed by atoms with Crippen LogP contribution in [-0.4, -0.2) is 80.2 Å². The molecule has 3 amide bonds. The summed E-state index contributed by atoms with van der Waals surface area (Å²) in [5.41, 5.74) is -0.828. The standard InChI is InChI=1S/C29H33F3N4O7S/c1-2-3-10-22(25(37)27-34-21-11-6-7-12-24(21)43-27)33-26(38)23(35-28(39)36-13-15-42-16-14-36)18-44(40,41)17-19-8-4-5-9-20(19)29(30,31)32/h4-9,11-12,22-23H,2-3,10,13-18H2,1H3,(H,33,38)(H,35,39)/t22-,23-/m0/s1. The highest BCUT2D eigenvalue weighted by Crippen LogP contribution is 2.32. The molecular formula is C29H33F3N4O7S. The van der Waals surface area contributed by atoms with Gasteiger partial charge in [-0.3, -0.25) is 9.59 Å². The number of benzene rings is 2. The lowest BCUT2D eigenvalue weighted by Gasteiger charge is -2.29. The van der Waals surface area contributed by atoms with Crippen LogP contribution < -0.4 is 10.6 Å². The van der Waals surface area contributed by atoms with Gasteiger partial charge in [0, 0.05) is 13.1 Å². The average molecular weight is 639 g/mol. The molecule has 238 valence electrons. The molecular weight excluding hydrogens is 605 g/mol. The maximum atomic E-state index is 13.6. The van der Waals surface area contributed by atoms with E-state index in [2.05, 4.69) is 15.6 Å². The first-order valence-corrected chi connectivity index (χ1v) is 15.9. The van der Waals surface area contributed by atoms with E-state index in [4.69, 9.17) is 9.15 Å². The fourth-order valence-electron chi connectivity index (χ4n) is 4.74. The maximum absolute atomic E-state index is 13.6. The molecule has 11 nitrogen and oxygen atoms in total. The number of nitrogens with zero attached hydrogens (tertiary/aromatic N) is 2. The minimum atomic E-state index is -4.80. The lowest BCUT2D eigenvalue weighted by molar-refractivity contribution is -0.138. The maximum Gasteiger partial charge on any atom is 0.416 e. The first-order chi connectivity index (χ1) is 20.9. The van der Waals surface area contributed by atoms with Gasteiger partial charge >= 0.3 is 12.2 Å². The van der Waals surface area contributed by atoms with Crippen LogP contribution in [0, 0.1) is 0 Å². The predicted octanol–water partition coefficient (Wildman–Crippen LogP) is 3.73. The van der Waals surface area contributed by atoms with E-state index in [1.807, 2.05) is 6.92 Å². The first-order valence-electron chi connectivity index (χ1n) is 14.1. The first kappa shape index (κ1) is 32.9. The molecule has 15 heteroatoms. The summed E-state index contributed by atoms with van der Waals surface area (Å²) in [4.78, 5) is 45.5. The van der Waals surface area contributed by atoms with Gasteiger partial charge in [0.05, 0.1) is 36.3 Å². The van der Waals surface area contributed by atoms with E-state index in [-0.39, 0.29) is 38.6 Å². The van der Waals surface area contributed by atoms with Crippen LogP contribution >= 0.6 is 0 Å². The number of nitrogens with one attached hydrogen (secondary N) is 2. The molecule has 1 fully saturated rings. The number of carbonyl (C=O) groups is 3. The van der Waals surface area contributed by atoms with Crippen molar-refractivity contribution in [2.45, 2.75) is 50.2 Å². The average Bonchev–Trinajstić information content (AvgIpc) is 3.43. The van der Waals surface area contributed by atoms with Crippen LogP contribution in [0.25, 0.3) is 11.1 Å². The summed E-state index contributed by atoms with van der Waals surface area (Å²) in [5, 5.41) is 4.94. The van der Waals surface area contributed by atoms with E-state index in [1.54, 1.807) is 24.3 Å². The molecule has 0 saturated carbocycles. The summed E-state index contributed by atoms with van der Waals surface area (Å²) >= 11 is 0. The summed E-state index contributed by atoms with van der Waals surface area (Å²) < 4.78 is 77.9. The molecule has 2 heterocycles. The Hall–Kier alpha value is -3.98. The molecule has 1 aromatic heterocycles. The van der Waals surface area contributed by atoms with E-state index in [0.717, 1.165) is 18.2 Å². The van der Waals surface area contributed by atoms with Gasteiger partial charge in [-0.25, -0.2) is 18.2 Å². The van der Waals surface area contributed by atoms with Crippen LogP contribution in [0.4, 0.5) is 18.0 Å². The second-order valence-corrected chi connectivity index (χ2v) is 12.5. The Balaban J connectivity index is 1.58. The van der Waals surface area contributed by atoms with Crippen molar-refractivity contribution >= 4 is 38.7 Å². The number of morpholine rings is 1. The number of para-hydroxylation sites is 2. The molecule has 0 bridgehead atoms. The van der Waals surface area contributed by atoms with Crippen molar-refractivity contribution in [1.82, 2.24) is 20.5 Å². The topological polar surface area (TPSA) is 148 Å². The fraction of sp³-hybridized carbons (Fsp3) is 0.448. The van der Waals surface area contributed by atoms with E-state index >= 15 is 0 Å². The second-order valence-electron chi connectivity index (χ2n) is 10.4. The fourth-order valence-corrected chi connectivity index (χ4v) is 6.32. The van der Waals surface area contributed by atoms with Crippen molar-refractivity contribution in [3.05, 3.63) is 65.5 Å². The Kier molecular flexibility index (Phi) is 10.6.